The first-order chi connectivity index (χ1) is 13.6. The van der Waals surface area contributed by atoms with Crippen molar-refractivity contribution in [2.45, 2.75) is 0 Å². The lowest BCUT2D eigenvalue weighted by molar-refractivity contribution is 0.394. The molecule has 0 amide bonds. The molecule has 5 heteroatoms. The number of methoxy groups -OCH3 is 2. The zero-order chi connectivity index (χ0) is 19.7. The maximum absolute atomic E-state index is 5.48. The van der Waals surface area contributed by atoms with Gasteiger partial charge >= 0.3 is 0 Å². The molecule has 2 aromatic heterocycles. The molecule has 0 aliphatic rings. The van der Waals surface area contributed by atoms with E-state index < -0.39 is 0 Å². The summed E-state index contributed by atoms with van der Waals surface area (Å²) in [6, 6.07) is 14.2. The predicted octanol–water partition coefficient (Wildman–Crippen LogP) is 6.09. The predicted molar refractivity (Wildman–Crippen MR) is 119 cm³/mol. The number of aromatic nitrogens is 1. The van der Waals surface area contributed by atoms with Gasteiger partial charge in [0, 0.05) is 45.0 Å². The number of ether oxygens (including phenoxy) is 2. The molecule has 0 unspecified atom stereocenters. The highest BCUT2D eigenvalue weighted by Gasteiger charge is 2.17. The molecule has 0 spiro atoms. The standard InChI is InChI=1S/C23H18BrNO2S/c1-25-22-7-5-17(24)12-21(22)20(6-4-15-8-9-28-14-15)23(25)16-10-18(26-2)13-19(11-16)27-3/h5,7-14H,1-3H3. The first-order valence-corrected chi connectivity index (χ1v) is 10.4. The van der Waals surface area contributed by atoms with Gasteiger partial charge in [-0.05, 0) is 41.8 Å². The third kappa shape index (κ3) is 3.42. The van der Waals surface area contributed by atoms with Gasteiger partial charge in [-0.3, -0.25) is 0 Å². The molecule has 2 aromatic carbocycles. The topological polar surface area (TPSA) is 23.4 Å². The number of benzene rings is 2. The molecule has 3 nitrogen and oxygen atoms in total. The molecular weight excluding hydrogens is 434 g/mol. The zero-order valence-electron chi connectivity index (χ0n) is 15.7. The Morgan fingerprint density at radius 3 is 2.36 bits per heavy atom. The molecule has 0 bridgehead atoms. The third-order valence-corrected chi connectivity index (χ3v) is 5.82. The van der Waals surface area contributed by atoms with Gasteiger partial charge < -0.3 is 14.0 Å². The van der Waals surface area contributed by atoms with E-state index in [9.17, 15) is 0 Å². The van der Waals surface area contributed by atoms with Gasteiger partial charge in [-0.15, -0.1) is 0 Å². The van der Waals surface area contributed by atoms with E-state index in [1.807, 2.05) is 35.7 Å². The maximum Gasteiger partial charge on any atom is 0.123 e. The second-order valence-corrected chi connectivity index (χ2v) is 8.00. The molecule has 0 fully saturated rings. The minimum absolute atomic E-state index is 0.748. The van der Waals surface area contributed by atoms with Crippen molar-refractivity contribution in [1.29, 1.82) is 0 Å². The molecule has 0 aliphatic carbocycles. The zero-order valence-corrected chi connectivity index (χ0v) is 18.1. The van der Waals surface area contributed by atoms with Gasteiger partial charge in [-0.1, -0.05) is 27.8 Å². The van der Waals surface area contributed by atoms with Gasteiger partial charge in [0.25, 0.3) is 0 Å². The van der Waals surface area contributed by atoms with E-state index in [4.69, 9.17) is 9.47 Å². The molecule has 2 heterocycles. The van der Waals surface area contributed by atoms with Crippen molar-refractivity contribution in [2.75, 3.05) is 14.2 Å². The number of nitrogens with zero attached hydrogens (tertiary/aromatic N) is 1. The number of thiophene rings is 1. The Morgan fingerprint density at radius 1 is 0.964 bits per heavy atom. The van der Waals surface area contributed by atoms with Crippen LogP contribution in [0.4, 0.5) is 0 Å². The number of rotatable bonds is 3. The average Bonchev–Trinajstić information content (AvgIpc) is 3.32. The van der Waals surface area contributed by atoms with Crippen LogP contribution < -0.4 is 9.47 Å². The summed E-state index contributed by atoms with van der Waals surface area (Å²) in [4.78, 5) is 0. The Hall–Kier alpha value is -2.68. The normalized spacial score (nSPS) is 10.6. The van der Waals surface area contributed by atoms with Gasteiger partial charge in [0.1, 0.15) is 11.5 Å². The molecule has 0 N–H and O–H groups in total. The van der Waals surface area contributed by atoms with Crippen molar-refractivity contribution in [3.8, 4) is 34.6 Å². The average molecular weight is 452 g/mol. The van der Waals surface area contributed by atoms with Crippen LogP contribution in [0.5, 0.6) is 11.5 Å². The van der Waals surface area contributed by atoms with Gasteiger partial charge in [-0.25, -0.2) is 0 Å². The van der Waals surface area contributed by atoms with Crippen molar-refractivity contribution in [3.63, 3.8) is 0 Å². The number of halogens is 1. The Morgan fingerprint density at radius 2 is 1.71 bits per heavy atom. The molecule has 4 aromatic rings. The van der Waals surface area contributed by atoms with Crippen molar-refractivity contribution in [1.82, 2.24) is 4.57 Å². The number of hydrogen-bond donors (Lipinski definition) is 0. The van der Waals surface area contributed by atoms with Crippen molar-refractivity contribution >= 4 is 38.2 Å². The highest BCUT2D eigenvalue weighted by atomic mass is 79.9. The van der Waals surface area contributed by atoms with Crippen LogP contribution in [-0.4, -0.2) is 18.8 Å². The molecule has 28 heavy (non-hydrogen) atoms. The minimum Gasteiger partial charge on any atom is -0.497 e. The van der Waals surface area contributed by atoms with E-state index in [1.165, 1.54) is 0 Å². The summed E-state index contributed by atoms with van der Waals surface area (Å²) >= 11 is 5.24. The summed E-state index contributed by atoms with van der Waals surface area (Å²) in [5.41, 5.74) is 5.16. The van der Waals surface area contributed by atoms with Crippen LogP contribution in [0.15, 0.2) is 57.7 Å². The van der Waals surface area contributed by atoms with Gasteiger partial charge in [0.15, 0.2) is 0 Å². The van der Waals surface area contributed by atoms with Crippen LogP contribution >= 0.6 is 27.3 Å². The summed E-state index contributed by atoms with van der Waals surface area (Å²) in [5, 5.41) is 5.20. The monoisotopic (exact) mass is 451 g/mol. The maximum atomic E-state index is 5.48. The first-order valence-electron chi connectivity index (χ1n) is 8.66. The molecule has 140 valence electrons. The highest BCUT2D eigenvalue weighted by Crippen LogP contribution is 2.37. The van der Waals surface area contributed by atoms with Crippen LogP contribution in [0.25, 0.3) is 22.2 Å². The van der Waals surface area contributed by atoms with Crippen LogP contribution in [0.3, 0.4) is 0 Å². The second kappa shape index (κ2) is 7.75. The third-order valence-electron chi connectivity index (χ3n) is 4.64. The SMILES string of the molecule is COc1cc(OC)cc(-c2c(C#Cc3ccsc3)c3cc(Br)ccc3n2C)c1. The molecule has 0 aliphatic heterocycles. The van der Waals surface area contributed by atoms with Crippen LogP contribution in [-0.2, 0) is 7.05 Å². The van der Waals surface area contributed by atoms with Crippen molar-refractivity contribution in [2.24, 2.45) is 7.05 Å². The highest BCUT2D eigenvalue weighted by molar-refractivity contribution is 9.10. The van der Waals surface area contributed by atoms with Gasteiger partial charge in [0.2, 0.25) is 0 Å². The van der Waals surface area contributed by atoms with Crippen LogP contribution in [0.2, 0.25) is 0 Å². The smallest absolute Gasteiger partial charge is 0.123 e. The van der Waals surface area contributed by atoms with E-state index in [-0.39, 0.29) is 0 Å². The quantitative estimate of drug-likeness (QED) is 0.352. The summed E-state index contributed by atoms with van der Waals surface area (Å²) in [6.45, 7) is 0. The number of fused-ring (bicyclic) bond motifs is 1. The molecule has 0 atom stereocenters. The molecule has 0 saturated heterocycles. The van der Waals surface area contributed by atoms with Crippen molar-refractivity contribution in [3.05, 3.63) is 68.8 Å². The Balaban J connectivity index is 2.03. The summed E-state index contributed by atoms with van der Waals surface area (Å²) in [5.74, 6) is 8.21. The lowest BCUT2D eigenvalue weighted by atomic mass is 10.0. The number of aryl methyl sites for hydroxylation is 1. The largest absolute Gasteiger partial charge is 0.497 e. The molecule has 0 saturated carbocycles. The Labute approximate surface area is 176 Å². The Bertz CT molecular complexity index is 1190. The van der Waals surface area contributed by atoms with Gasteiger partial charge in [-0.2, -0.15) is 11.3 Å². The minimum atomic E-state index is 0.748. The van der Waals surface area contributed by atoms with Crippen LogP contribution in [0.1, 0.15) is 11.1 Å². The van der Waals surface area contributed by atoms with E-state index in [0.29, 0.717) is 0 Å². The summed E-state index contributed by atoms with van der Waals surface area (Å²) in [7, 11) is 5.39. The number of hydrogen-bond acceptors (Lipinski definition) is 3. The van der Waals surface area contributed by atoms with Gasteiger partial charge in [0.05, 0.1) is 25.5 Å². The van der Waals surface area contributed by atoms with E-state index >= 15 is 0 Å². The lowest BCUT2D eigenvalue weighted by Crippen LogP contribution is -1.95. The summed E-state index contributed by atoms with van der Waals surface area (Å²) < 4.78 is 14.2. The molecular formula is C23H18BrNO2S. The fourth-order valence-electron chi connectivity index (χ4n) is 3.30. The second-order valence-electron chi connectivity index (χ2n) is 6.31. The fourth-order valence-corrected chi connectivity index (χ4v) is 4.24. The van der Waals surface area contributed by atoms with E-state index in [1.54, 1.807) is 25.6 Å². The van der Waals surface area contributed by atoms with E-state index in [0.717, 1.165) is 49.3 Å². The Kier molecular flexibility index (Phi) is 5.17. The first kappa shape index (κ1) is 18.7. The fraction of sp³-hybridized carbons (Fsp3) is 0.130. The van der Waals surface area contributed by atoms with Crippen LogP contribution in [0, 0.1) is 11.8 Å². The van der Waals surface area contributed by atoms with Crippen molar-refractivity contribution < 1.29 is 9.47 Å². The molecule has 4 rings (SSSR count). The van der Waals surface area contributed by atoms with E-state index in [2.05, 4.69) is 56.9 Å². The lowest BCUT2D eigenvalue weighted by Gasteiger charge is -2.10. The summed E-state index contributed by atoms with van der Waals surface area (Å²) in [6.07, 6.45) is 0. The molecule has 0 radical (unpaired) electrons.